The normalized spacial score (nSPS) is 13.5. The first kappa shape index (κ1) is 18.4. The molecule has 0 spiro atoms. The number of carbonyl (C=O) groups excluding carboxylic acids is 2. The van der Waals surface area contributed by atoms with Crippen LogP contribution in [-0.2, 0) is 25.1 Å². The fraction of sp³-hybridized carbons (Fsp3) is 0.333. The molecule has 0 unspecified atom stereocenters. The molecule has 0 heterocycles. The van der Waals surface area contributed by atoms with Crippen molar-refractivity contribution >= 4 is 31.4 Å². The van der Waals surface area contributed by atoms with Gasteiger partial charge in [-0.2, -0.15) is 13.2 Å². The second kappa shape index (κ2) is 6.66. The molecule has 0 aliphatic heterocycles. The number of ketones is 1. The van der Waals surface area contributed by atoms with Crippen molar-refractivity contribution in [3.63, 3.8) is 0 Å². The first-order valence-corrected chi connectivity index (χ1v) is 8.18. The van der Waals surface area contributed by atoms with Crippen LogP contribution in [0.25, 0.3) is 0 Å². The molecule has 1 N–H and O–H groups in total. The number of benzene rings is 1. The van der Waals surface area contributed by atoms with Crippen molar-refractivity contribution in [2.24, 2.45) is 0 Å². The highest BCUT2D eigenvalue weighted by molar-refractivity contribution is 8.13. The van der Waals surface area contributed by atoms with Crippen LogP contribution < -0.4 is 5.32 Å². The maximum atomic E-state index is 12.1. The Morgan fingerprint density at radius 3 is 2.14 bits per heavy atom. The fourth-order valence-electron chi connectivity index (χ4n) is 1.61. The topological polar surface area (TPSA) is 80.3 Å². The lowest BCUT2D eigenvalue weighted by Crippen LogP contribution is -2.44. The number of amides is 1. The van der Waals surface area contributed by atoms with E-state index in [4.69, 9.17) is 10.7 Å². The van der Waals surface area contributed by atoms with E-state index in [0.717, 1.165) is 0 Å². The zero-order valence-electron chi connectivity index (χ0n) is 11.1. The zero-order chi connectivity index (χ0) is 17.1. The Bertz CT molecular complexity index is 671. The van der Waals surface area contributed by atoms with E-state index in [9.17, 15) is 31.2 Å². The second-order valence-corrected chi connectivity index (χ2v) is 7.05. The number of hydrogen-bond donors (Lipinski definition) is 1. The van der Waals surface area contributed by atoms with E-state index in [1.54, 1.807) is 0 Å². The number of rotatable bonds is 5. The minimum absolute atomic E-state index is 0.111. The van der Waals surface area contributed by atoms with E-state index in [0.29, 0.717) is 5.56 Å². The van der Waals surface area contributed by atoms with Crippen LogP contribution in [-0.4, -0.2) is 32.3 Å². The molecule has 0 radical (unpaired) electrons. The van der Waals surface area contributed by atoms with Gasteiger partial charge in [-0.3, -0.25) is 9.59 Å². The summed E-state index contributed by atoms with van der Waals surface area (Å²) in [6.45, 7) is 1.41. The Kier molecular flexibility index (Phi) is 5.58. The third-order valence-electron chi connectivity index (χ3n) is 2.59. The fourth-order valence-corrected chi connectivity index (χ4v) is 2.38. The maximum Gasteiger partial charge on any atom is 0.460 e. The average molecular weight is 358 g/mol. The number of halogens is 4. The smallest absolute Gasteiger partial charge is 0.346 e. The van der Waals surface area contributed by atoms with Gasteiger partial charge < -0.3 is 5.32 Å². The van der Waals surface area contributed by atoms with Gasteiger partial charge in [-0.15, -0.1) is 0 Å². The molecule has 1 rings (SSSR count). The molecule has 0 saturated heterocycles. The van der Waals surface area contributed by atoms with E-state index in [1.807, 2.05) is 5.32 Å². The highest BCUT2D eigenvalue weighted by Crippen LogP contribution is 2.17. The summed E-state index contributed by atoms with van der Waals surface area (Å²) in [4.78, 5) is 21.7. The van der Waals surface area contributed by atoms with Crippen molar-refractivity contribution in [3.05, 3.63) is 29.8 Å². The van der Waals surface area contributed by atoms with Gasteiger partial charge in [0.1, 0.15) is 0 Å². The molecule has 0 bridgehead atoms. The molecule has 0 fully saturated rings. The van der Waals surface area contributed by atoms with Crippen molar-refractivity contribution in [3.8, 4) is 0 Å². The lowest BCUT2D eigenvalue weighted by atomic mass is 10.1. The molecule has 0 aliphatic carbocycles. The number of hydrogen-bond acceptors (Lipinski definition) is 4. The summed E-state index contributed by atoms with van der Waals surface area (Å²) in [7, 11) is 1.27. The Morgan fingerprint density at radius 1 is 1.23 bits per heavy atom. The molecule has 0 saturated carbocycles. The van der Waals surface area contributed by atoms with Crippen LogP contribution in [0.3, 0.4) is 0 Å². The minimum atomic E-state index is -5.22. The molecule has 1 atom stereocenters. The molecule has 10 heteroatoms. The Hall–Kier alpha value is -1.61. The largest absolute Gasteiger partial charge is 0.460 e. The van der Waals surface area contributed by atoms with E-state index in [-0.39, 0.29) is 11.3 Å². The highest BCUT2D eigenvalue weighted by atomic mass is 35.7. The summed E-state index contributed by atoms with van der Waals surface area (Å²) in [6.07, 6.45) is -5.11. The first-order valence-electron chi connectivity index (χ1n) is 5.87. The third-order valence-corrected chi connectivity index (χ3v) is 3.96. The van der Waals surface area contributed by atoms with Crippen LogP contribution in [0.1, 0.15) is 12.5 Å². The molecule has 1 aromatic carbocycles. The summed E-state index contributed by atoms with van der Waals surface area (Å²) in [6, 6.07) is 4.52. The van der Waals surface area contributed by atoms with Crippen molar-refractivity contribution in [1.29, 1.82) is 0 Å². The summed E-state index contributed by atoms with van der Waals surface area (Å²) in [5.74, 6) is -4.21. The lowest BCUT2D eigenvalue weighted by molar-refractivity contribution is -0.175. The van der Waals surface area contributed by atoms with Gasteiger partial charge in [0, 0.05) is 16.7 Å². The van der Waals surface area contributed by atoms with Gasteiger partial charge in [-0.25, -0.2) is 8.42 Å². The highest BCUT2D eigenvalue weighted by Gasteiger charge is 2.43. The molecular formula is C12H11ClF3NO4S. The van der Waals surface area contributed by atoms with Gasteiger partial charge in [-0.1, -0.05) is 12.1 Å². The lowest BCUT2D eigenvalue weighted by Gasteiger charge is -2.14. The van der Waals surface area contributed by atoms with Crippen molar-refractivity contribution in [2.75, 3.05) is 0 Å². The van der Waals surface area contributed by atoms with Gasteiger partial charge in [0.15, 0.2) is 0 Å². The second-order valence-electron chi connectivity index (χ2n) is 4.49. The number of carbonyl (C=O) groups is 2. The molecule has 22 heavy (non-hydrogen) atoms. The monoisotopic (exact) mass is 357 g/mol. The number of alkyl halides is 3. The summed E-state index contributed by atoms with van der Waals surface area (Å²) in [5.41, 5.74) is 0.552. The quantitative estimate of drug-likeness (QED) is 0.643. The van der Waals surface area contributed by atoms with Crippen LogP contribution in [0.5, 0.6) is 0 Å². The van der Waals surface area contributed by atoms with Crippen LogP contribution in [0, 0.1) is 0 Å². The number of Topliss-reactive ketones (excluding diaryl/α,β-unsaturated/α-hetero) is 1. The predicted octanol–water partition coefficient (Wildman–Crippen LogP) is 1.79. The van der Waals surface area contributed by atoms with Gasteiger partial charge >= 0.3 is 12.0 Å². The molecule has 1 amide bonds. The van der Waals surface area contributed by atoms with E-state index < -0.39 is 33.0 Å². The molecule has 0 aliphatic rings. The van der Waals surface area contributed by atoms with Gasteiger partial charge in [0.05, 0.1) is 4.90 Å². The Balaban J connectivity index is 2.68. The van der Waals surface area contributed by atoms with E-state index in [2.05, 4.69) is 0 Å². The Morgan fingerprint density at radius 2 is 1.73 bits per heavy atom. The van der Waals surface area contributed by atoms with Crippen molar-refractivity contribution in [1.82, 2.24) is 5.32 Å². The zero-order valence-corrected chi connectivity index (χ0v) is 12.7. The van der Waals surface area contributed by atoms with Gasteiger partial charge in [0.2, 0.25) is 0 Å². The first-order chi connectivity index (χ1) is 9.91. The minimum Gasteiger partial charge on any atom is -0.346 e. The SMILES string of the molecule is C[C@@H](Cc1ccc(S(=O)(=O)Cl)cc1)NC(=O)C(=O)C(F)(F)F. The van der Waals surface area contributed by atoms with Crippen LogP contribution in [0.15, 0.2) is 29.2 Å². The standard InChI is InChI=1S/C12H11ClF3NO4S/c1-7(17-11(19)10(18)12(14,15)16)6-8-2-4-9(5-3-8)22(13,20)21/h2-5,7H,6H2,1H3,(H,17,19)/t7-/m0/s1. The summed E-state index contributed by atoms with van der Waals surface area (Å²) < 4.78 is 58.3. The summed E-state index contributed by atoms with van der Waals surface area (Å²) in [5, 5.41) is 1.93. The molecule has 122 valence electrons. The third kappa shape index (κ3) is 5.30. The molecule has 1 aromatic rings. The Labute approximate surface area is 128 Å². The van der Waals surface area contributed by atoms with Crippen molar-refractivity contribution < 1.29 is 31.2 Å². The number of nitrogens with one attached hydrogen (secondary N) is 1. The van der Waals surface area contributed by atoms with Gasteiger partial charge in [0.25, 0.3) is 15.0 Å². The average Bonchev–Trinajstić information content (AvgIpc) is 2.36. The van der Waals surface area contributed by atoms with Crippen LogP contribution >= 0.6 is 10.7 Å². The molecule has 0 aromatic heterocycles. The van der Waals surface area contributed by atoms with Crippen LogP contribution in [0.4, 0.5) is 13.2 Å². The van der Waals surface area contributed by atoms with Crippen LogP contribution in [0.2, 0.25) is 0 Å². The van der Waals surface area contributed by atoms with Crippen molar-refractivity contribution in [2.45, 2.75) is 30.5 Å². The molecule has 5 nitrogen and oxygen atoms in total. The van der Waals surface area contributed by atoms with E-state index in [1.165, 1.54) is 31.2 Å². The predicted molar refractivity (Wildman–Crippen MR) is 71.9 cm³/mol. The maximum absolute atomic E-state index is 12.1. The molecular weight excluding hydrogens is 347 g/mol. The van der Waals surface area contributed by atoms with E-state index >= 15 is 0 Å². The van der Waals surface area contributed by atoms with Gasteiger partial charge in [-0.05, 0) is 31.0 Å². The summed E-state index contributed by atoms with van der Waals surface area (Å²) >= 11 is 0.